The van der Waals surface area contributed by atoms with Gasteiger partial charge in [-0.25, -0.2) is 4.39 Å². The molecule has 8 nitrogen and oxygen atoms in total. The smallest absolute Gasteiger partial charge is 0.252 e. The maximum Gasteiger partial charge on any atom is 0.252 e. The highest BCUT2D eigenvalue weighted by Gasteiger charge is 2.71. The molecule has 0 aliphatic carbocycles. The zero-order valence-corrected chi connectivity index (χ0v) is 25.6. The van der Waals surface area contributed by atoms with E-state index in [-0.39, 0.29) is 45.8 Å². The van der Waals surface area contributed by atoms with E-state index in [1.54, 1.807) is 47.4 Å². The number of halogens is 3. The minimum absolute atomic E-state index is 0.0951. The van der Waals surface area contributed by atoms with Gasteiger partial charge < -0.3 is 15.8 Å². The van der Waals surface area contributed by atoms with Gasteiger partial charge in [-0.1, -0.05) is 62.2 Å². The molecule has 2 saturated heterocycles. The number of nitrogens with one attached hydrogen (secondary N) is 1. The van der Waals surface area contributed by atoms with E-state index in [1.807, 2.05) is 4.90 Å². The molecule has 3 aromatic carbocycles. The molecule has 11 heteroatoms. The quantitative estimate of drug-likeness (QED) is 0.378. The number of methoxy groups -OCH3 is 1. The molecule has 3 amide bonds. The first-order valence-corrected chi connectivity index (χ1v) is 14.7. The number of rotatable bonds is 5. The molecule has 3 aliphatic rings. The Kier molecular flexibility index (Phi) is 6.99. The number of anilines is 2. The number of nitrogens with zero attached hydrogens (tertiary/aromatic N) is 2. The molecule has 0 aromatic heterocycles. The summed E-state index contributed by atoms with van der Waals surface area (Å²) in [6, 6.07) is 13.2. The Balaban J connectivity index is 1.59. The molecule has 1 spiro atoms. The molecule has 0 saturated carbocycles. The first-order chi connectivity index (χ1) is 20.3. The highest BCUT2D eigenvalue weighted by molar-refractivity contribution is 6.31. The van der Waals surface area contributed by atoms with E-state index in [4.69, 9.17) is 33.7 Å². The van der Waals surface area contributed by atoms with Crippen LogP contribution < -0.4 is 20.7 Å². The molecule has 0 bridgehead atoms. The van der Waals surface area contributed by atoms with E-state index >= 15 is 4.39 Å². The summed E-state index contributed by atoms with van der Waals surface area (Å²) >= 11 is 12.6. The van der Waals surface area contributed by atoms with Crippen LogP contribution in [-0.4, -0.2) is 48.5 Å². The lowest BCUT2D eigenvalue weighted by Crippen LogP contribution is -2.52. The molecular weight excluding hydrogens is 594 g/mol. The zero-order chi connectivity index (χ0) is 31.0. The van der Waals surface area contributed by atoms with E-state index in [2.05, 4.69) is 26.1 Å². The van der Waals surface area contributed by atoms with Gasteiger partial charge in [0.15, 0.2) is 0 Å². The van der Waals surface area contributed by atoms with Gasteiger partial charge in [-0.05, 0) is 53.3 Å². The number of hydrogen-bond acceptors (Lipinski definition) is 5. The van der Waals surface area contributed by atoms with Gasteiger partial charge in [-0.3, -0.25) is 24.2 Å². The molecule has 224 valence electrons. The number of fused-ring (bicyclic) bond motifs is 3. The first-order valence-electron chi connectivity index (χ1n) is 13.9. The van der Waals surface area contributed by atoms with Gasteiger partial charge in [0.05, 0.1) is 30.4 Å². The van der Waals surface area contributed by atoms with Gasteiger partial charge in [0, 0.05) is 34.4 Å². The number of hydrogen-bond donors (Lipinski definition) is 2. The Morgan fingerprint density at radius 3 is 2.56 bits per heavy atom. The molecule has 3 aliphatic heterocycles. The van der Waals surface area contributed by atoms with Crippen molar-refractivity contribution in [2.45, 2.75) is 50.6 Å². The van der Waals surface area contributed by atoms with Gasteiger partial charge in [-0.2, -0.15) is 0 Å². The second-order valence-electron chi connectivity index (χ2n) is 12.5. The van der Waals surface area contributed by atoms with Gasteiger partial charge in [0.1, 0.15) is 17.0 Å². The highest BCUT2D eigenvalue weighted by Crippen LogP contribution is 2.61. The van der Waals surface area contributed by atoms with Crippen molar-refractivity contribution in [2.75, 3.05) is 24.0 Å². The Hall–Kier alpha value is -3.66. The summed E-state index contributed by atoms with van der Waals surface area (Å²) in [5.74, 6) is -2.66. The van der Waals surface area contributed by atoms with Crippen LogP contribution in [-0.2, 0) is 15.0 Å². The van der Waals surface area contributed by atoms with Gasteiger partial charge in [0.25, 0.3) is 5.91 Å². The highest BCUT2D eigenvalue weighted by atomic mass is 35.5. The van der Waals surface area contributed by atoms with Crippen molar-refractivity contribution in [3.8, 4) is 5.75 Å². The zero-order valence-electron chi connectivity index (χ0n) is 24.1. The Labute approximate surface area is 258 Å². The van der Waals surface area contributed by atoms with Gasteiger partial charge >= 0.3 is 0 Å². The predicted octanol–water partition coefficient (Wildman–Crippen LogP) is 5.71. The molecule has 0 radical (unpaired) electrons. The van der Waals surface area contributed by atoms with Crippen molar-refractivity contribution in [1.82, 2.24) is 4.90 Å². The summed E-state index contributed by atoms with van der Waals surface area (Å²) in [6.45, 7) is 6.34. The van der Waals surface area contributed by atoms with Gasteiger partial charge in [0.2, 0.25) is 11.8 Å². The molecular formula is C32H31Cl2FN4O4. The lowest BCUT2D eigenvalue weighted by Gasteiger charge is -2.40. The number of primary amides is 1. The van der Waals surface area contributed by atoms with Crippen LogP contribution in [0.15, 0.2) is 54.6 Å². The molecule has 43 heavy (non-hydrogen) atoms. The Morgan fingerprint density at radius 1 is 1.14 bits per heavy atom. The van der Waals surface area contributed by atoms with Crippen LogP contribution in [0.3, 0.4) is 0 Å². The third kappa shape index (κ3) is 4.39. The van der Waals surface area contributed by atoms with Crippen LogP contribution in [0.4, 0.5) is 15.8 Å². The van der Waals surface area contributed by atoms with Crippen molar-refractivity contribution < 1.29 is 23.5 Å². The summed E-state index contributed by atoms with van der Waals surface area (Å²) in [6.07, 6.45) is 0.517. The summed E-state index contributed by atoms with van der Waals surface area (Å²) in [5.41, 5.74) is 5.98. The van der Waals surface area contributed by atoms with E-state index in [0.717, 1.165) is 0 Å². The van der Waals surface area contributed by atoms with Crippen LogP contribution >= 0.6 is 23.2 Å². The minimum Gasteiger partial charge on any atom is -0.496 e. The van der Waals surface area contributed by atoms with E-state index in [1.165, 1.54) is 19.2 Å². The number of nitrogens with two attached hydrogens (primary N) is 1. The third-order valence-corrected chi connectivity index (χ3v) is 9.38. The van der Waals surface area contributed by atoms with Crippen LogP contribution in [0.5, 0.6) is 5.75 Å². The molecule has 3 N–H and O–H groups in total. The van der Waals surface area contributed by atoms with Crippen LogP contribution in [0, 0.1) is 11.2 Å². The van der Waals surface area contributed by atoms with Gasteiger partial charge in [-0.15, -0.1) is 0 Å². The number of amides is 3. The molecule has 0 unspecified atom stereocenters. The fraction of sp³-hybridized carbons (Fsp3) is 0.344. The van der Waals surface area contributed by atoms with Crippen LogP contribution in [0.25, 0.3) is 0 Å². The van der Waals surface area contributed by atoms with Crippen molar-refractivity contribution in [3.05, 3.63) is 87.2 Å². The van der Waals surface area contributed by atoms with Crippen molar-refractivity contribution in [2.24, 2.45) is 11.1 Å². The molecule has 6 rings (SSSR count). The number of carbonyl (C=O) groups excluding carboxylic acids is 3. The largest absolute Gasteiger partial charge is 0.496 e. The number of benzene rings is 3. The predicted molar refractivity (Wildman–Crippen MR) is 163 cm³/mol. The second kappa shape index (κ2) is 10.2. The average Bonchev–Trinajstić information content (AvgIpc) is 3.52. The summed E-state index contributed by atoms with van der Waals surface area (Å²) < 4.78 is 21.5. The Morgan fingerprint density at radius 2 is 1.88 bits per heavy atom. The van der Waals surface area contributed by atoms with Crippen molar-refractivity contribution in [3.63, 3.8) is 0 Å². The first kappa shape index (κ1) is 29.4. The van der Waals surface area contributed by atoms with Crippen molar-refractivity contribution in [1.29, 1.82) is 0 Å². The SMILES string of the molecule is COc1cc(N2CN3[C@@H](CC(C)(C)C)[C@@]4(C(=O)Nc5cc(Cl)ccc54)[C@@H](c4cccc(Cl)c4F)[C@@H]3C2=O)ccc1C(N)=O. The molecule has 3 heterocycles. The minimum atomic E-state index is -1.32. The lowest BCUT2D eigenvalue weighted by molar-refractivity contribution is -0.122. The Bertz CT molecular complexity index is 1690. The average molecular weight is 626 g/mol. The topological polar surface area (TPSA) is 105 Å². The second-order valence-corrected chi connectivity index (χ2v) is 13.4. The van der Waals surface area contributed by atoms with Crippen LogP contribution in [0.2, 0.25) is 10.0 Å². The number of ether oxygens (including phenoxy) is 1. The van der Waals surface area contributed by atoms with E-state index < -0.39 is 35.1 Å². The fourth-order valence-electron chi connectivity index (χ4n) is 7.23. The summed E-state index contributed by atoms with van der Waals surface area (Å²) in [4.78, 5) is 44.5. The lowest BCUT2D eigenvalue weighted by atomic mass is 9.62. The fourth-order valence-corrected chi connectivity index (χ4v) is 7.58. The molecule has 4 atom stereocenters. The molecule has 2 fully saturated rings. The normalized spacial score (nSPS) is 24.8. The van der Waals surface area contributed by atoms with E-state index in [9.17, 15) is 14.4 Å². The van der Waals surface area contributed by atoms with Crippen LogP contribution in [0.1, 0.15) is 54.6 Å². The maximum atomic E-state index is 16.1. The summed E-state index contributed by atoms with van der Waals surface area (Å²) in [7, 11) is 1.42. The monoisotopic (exact) mass is 624 g/mol. The molecule has 3 aromatic rings. The number of carbonyl (C=O) groups is 3. The standard InChI is InChI=1S/C32H31Cl2FN4O4/c1-31(2,3)14-24-32(20-11-8-16(33)12-22(20)37-30(32)42)25(19-6-5-7-21(34)26(19)35)27-29(41)38(15-39(24)27)17-9-10-18(28(36)40)23(13-17)43-4/h5-13,24-25,27H,14-15H2,1-4H3,(H2,36,40)(H,37,42)/t24-,25-,27+,32+/m0/s1. The maximum absolute atomic E-state index is 16.1. The van der Waals surface area contributed by atoms with Crippen molar-refractivity contribution >= 4 is 52.3 Å². The summed E-state index contributed by atoms with van der Waals surface area (Å²) in [5, 5.41) is 3.36. The van der Waals surface area contributed by atoms with E-state index in [0.29, 0.717) is 28.4 Å². The third-order valence-electron chi connectivity index (χ3n) is 8.85.